The largest absolute Gasteiger partial charge is 0.378 e. The van der Waals surface area contributed by atoms with Crippen molar-refractivity contribution in [3.63, 3.8) is 0 Å². The number of hydrogen-bond donors (Lipinski definition) is 1. The van der Waals surface area contributed by atoms with E-state index in [0.717, 1.165) is 19.4 Å². The molecule has 2 fully saturated rings. The lowest BCUT2D eigenvalue weighted by Crippen LogP contribution is -2.41. The number of carbonyl (C=O) groups excluding carboxylic acids is 2. The molecule has 0 radical (unpaired) electrons. The minimum atomic E-state index is -0.0512. The predicted octanol–water partition coefficient (Wildman–Crippen LogP) is 0.786. The summed E-state index contributed by atoms with van der Waals surface area (Å²) < 4.78 is 5.69. The molecule has 108 valence electrons. The second kappa shape index (κ2) is 6.37. The Morgan fingerprint density at radius 2 is 2.32 bits per heavy atom. The van der Waals surface area contributed by atoms with E-state index in [1.54, 1.807) is 4.90 Å². The molecular formula is C14H24N2O3. The van der Waals surface area contributed by atoms with Gasteiger partial charge >= 0.3 is 0 Å². The lowest BCUT2D eigenvalue weighted by molar-refractivity contribution is -0.133. The van der Waals surface area contributed by atoms with Gasteiger partial charge in [0.1, 0.15) is 0 Å². The van der Waals surface area contributed by atoms with Gasteiger partial charge in [-0.25, -0.2) is 0 Å². The minimum Gasteiger partial charge on any atom is -0.378 e. The summed E-state index contributed by atoms with van der Waals surface area (Å²) in [5.74, 6) is 0.923. The molecule has 2 aliphatic rings. The highest BCUT2D eigenvalue weighted by molar-refractivity contribution is 5.85. The molecule has 0 unspecified atom stereocenters. The maximum atomic E-state index is 11.8. The van der Waals surface area contributed by atoms with Gasteiger partial charge < -0.3 is 15.0 Å². The van der Waals surface area contributed by atoms with Gasteiger partial charge in [0, 0.05) is 32.0 Å². The summed E-state index contributed by atoms with van der Waals surface area (Å²) in [5.41, 5.74) is 0. The van der Waals surface area contributed by atoms with Crippen LogP contribution >= 0.6 is 0 Å². The standard InChI is InChI=1S/C14H24N2O3/c1-10(2)14-11(5-7-19-14)8-15-12(17)9-16-6-3-4-13(16)18/h10-11,14H,3-9H2,1-2H3,(H,15,17)/t11-,14-/m1/s1. The molecule has 2 saturated heterocycles. The second-order valence-electron chi connectivity index (χ2n) is 5.85. The second-order valence-corrected chi connectivity index (χ2v) is 5.85. The van der Waals surface area contributed by atoms with Gasteiger partial charge in [-0.15, -0.1) is 0 Å². The Bertz CT molecular complexity index is 344. The third-order valence-corrected chi connectivity index (χ3v) is 3.99. The van der Waals surface area contributed by atoms with Crippen molar-refractivity contribution in [3.05, 3.63) is 0 Å². The van der Waals surface area contributed by atoms with Gasteiger partial charge in [-0.1, -0.05) is 13.8 Å². The SMILES string of the molecule is CC(C)[C@H]1OCC[C@@H]1CNC(=O)CN1CCCC1=O. The van der Waals surface area contributed by atoms with Gasteiger partial charge in [-0.2, -0.15) is 0 Å². The number of ether oxygens (including phenoxy) is 1. The molecule has 0 aromatic carbocycles. The van der Waals surface area contributed by atoms with Crippen LogP contribution in [-0.4, -0.2) is 49.1 Å². The highest BCUT2D eigenvalue weighted by Crippen LogP contribution is 2.26. The zero-order chi connectivity index (χ0) is 13.8. The molecule has 0 spiro atoms. The lowest BCUT2D eigenvalue weighted by atomic mass is 9.93. The number of hydrogen-bond acceptors (Lipinski definition) is 3. The van der Waals surface area contributed by atoms with Crippen molar-refractivity contribution >= 4 is 11.8 Å². The highest BCUT2D eigenvalue weighted by atomic mass is 16.5. The normalized spacial score (nSPS) is 27.3. The molecule has 0 aromatic heterocycles. The lowest BCUT2D eigenvalue weighted by Gasteiger charge is -2.23. The molecule has 1 N–H and O–H groups in total. The molecule has 5 nitrogen and oxygen atoms in total. The molecular weight excluding hydrogens is 244 g/mol. The van der Waals surface area contributed by atoms with E-state index in [9.17, 15) is 9.59 Å². The van der Waals surface area contributed by atoms with Gasteiger partial charge in [0.25, 0.3) is 0 Å². The van der Waals surface area contributed by atoms with Crippen LogP contribution in [0.2, 0.25) is 0 Å². The summed E-state index contributed by atoms with van der Waals surface area (Å²) >= 11 is 0. The van der Waals surface area contributed by atoms with Crippen LogP contribution in [0.5, 0.6) is 0 Å². The number of nitrogens with one attached hydrogen (secondary N) is 1. The first kappa shape index (κ1) is 14.3. The number of likely N-dealkylation sites (tertiary alicyclic amines) is 1. The van der Waals surface area contributed by atoms with E-state index >= 15 is 0 Å². The molecule has 0 bridgehead atoms. The number of carbonyl (C=O) groups is 2. The Morgan fingerprint density at radius 3 is 2.95 bits per heavy atom. The van der Waals surface area contributed by atoms with E-state index in [2.05, 4.69) is 19.2 Å². The van der Waals surface area contributed by atoms with Crippen molar-refractivity contribution in [2.45, 2.75) is 39.2 Å². The zero-order valence-electron chi connectivity index (χ0n) is 11.9. The summed E-state index contributed by atoms with van der Waals surface area (Å²) in [6.07, 6.45) is 2.71. The molecule has 2 atom stereocenters. The topological polar surface area (TPSA) is 58.6 Å². The van der Waals surface area contributed by atoms with E-state index in [1.165, 1.54) is 0 Å². The molecule has 2 aliphatic heterocycles. The predicted molar refractivity (Wildman–Crippen MR) is 71.5 cm³/mol. The van der Waals surface area contributed by atoms with Crippen LogP contribution in [0.25, 0.3) is 0 Å². The van der Waals surface area contributed by atoms with Gasteiger partial charge in [0.05, 0.1) is 12.6 Å². The smallest absolute Gasteiger partial charge is 0.239 e. The van der Waals surface area contributed by atoms with Crippen molar-refractivity contribution in [2.24, 2.45) is 11.8 Å². The van der Waals surface area contributed by atoms with Crippen LogP contribution < -0.4 is 5.32 Å². The fraction of sp³-hybridized carbons (Fsp3) is 0.857. The van der Waals surface area contributed by atoms with E-state index in [-0.39, 0.29) is 24.5 Å². The van der Waals surface area contributed by atoms with Gasteiger partial charge in [0.2, 0.25) is 11.8 Å². The summed E-state index contributed by atoms with van der Waals surface area (Å²) in [6, 6.07) is 0. The Kier molecular flexibility index (Phi) is 4.80. The molecule has 19 heavy (non-hydrogen) atoms. The van der Waals surface area contributed by atoms with E-state index < -0.39 is 0 Å². The molecule has 2 amide bonds. The van der Waals surface area contributed by atoms with Crippen molar-refractivity contribution < 1.29 is 14.3 Å². The van der Waals surface area contributed by atoms with E-state index in [1.807, 2.05) is 0 Å². The number of nitrogens with zero attached hydrogens (tertiary/aromatic N) is 1. The third kappa shape index (κ3) is 3.69. The van der Waals surface area contributed by atoms with Gasteiger partial charge in [-0.3, -0.25) is 9.59 Å². The zero-order valence-corrected chi connectivity index (χ0v) is 11.9. The van der Waals surface area contributed by atoms with Crippen LogP contribution in [-0.2, 0) is 14.3 Å². The molecule has 0 saturated carbocycles. The van der Waals surface area contributed by atoms with Crippen molar-refractivity contribution in [1.82, 2.24) is 10.2 Å². The molecule has 0 aliphatic carbocycles. The van der Waals surface area contributed by atoms with E-state index in [4.69, 9.17) is 4.74 Å². The Morgan fingerprint density at radius 1 is 1.53 bits per heavy atom. The van der Waals surface area contributed by atoms with Crippen LogP contribution in [0.4, 0.5) is 0 Å². The maximum absolute atomic E-state index is 11.8. The fourth-order valence-electron chi connectivity index (χ4n) is 2.96. The number of amides is 2. The van der Waals surface area contributed by atoms with Gasteiger partial charge in [0.15, 0.2) is 0 Å². The maximum Gasteiger partial charge on any atom is 0.239 e. The Balaban J connectivity index is 1.72. The molecule has 2 rings (SSSR count). The van der Waals surface area contributed by atoms with Crippen LogP contribution in [0.15, 0.2) is 0 Å². The molecule has 2 heterocycles. The first-order chi connectivity index (χ1) is 9.08. The van der Waals surface area contributed by atoms with E-state index in [0.29, 0.717) is 31.3 Å². The van der Waals surface area contributed by atoms with Crippen LogP contribution in [0.1, 0.15) is 33.1 Å². The van der Waals surface area contributed by atoms with Crippen molar-refractivity contribution in [1.29, 1.82) is 0 Å². The van der Waals surface area contributed by atoms with Crippen LogP contribution in [0.3, 0.4) is 0 Å². The highest BCUT2D eigenvalue weighted by Gasteiger charge is 2.31. The quantitative estimate of drug-likeness (QED) is 0.802. The van der Waals surface area contributed by atoms with Crippen molar-refractivity contribution in [2.75, 3.05) is 26.2 Å². The fourth-order valence-corrected chi connectivity index (χ4v) is 2.96. The summed E-state index contributed by atoms with van der Waals surface area (Å²) in [6.45, 7) is 6.66. The summed E-state index contributed by atoms with van der Waals surface area (Å²) in [7, 11) is 0. The molecule has 5 heteroatoms. The average Bonchev–Trinajstić information content (AvgIpc) is 2.96. The molecule has 0 aromatic rings. The Hall–Kier alpha value is -1.10. The Labute approximate surface area is 114 Å². The first-order valence-electron chi connectivity index (χ1n) is 7.24. The minimum absolute atomic E-state index is 0.0512. The monoisotopic (exact) mass is 268 g/mol. The van der Waals surface area contributed by atoms with Crippen molar-refractivity contribution in [3.8, 4) is 0 Å². The van der Waals surface area contributed by atoms with Gasteiger partial charge in [-0.05, 0) is 18.8 Å². The number of rotatable bonds is 5. The first-order valence-corrected chi connectivity index (χ1v) is 7.24. The average molecular weight is 268 g/mol. The van der Waals surface area contributed by atoms with Crippen LogP contribution in [0, 0.1) is 11.8 Å². The third-order valence-electron chi connectivity index (χ3n) is 3.99. The summed E-state index contributed by atoms with van der Waals surface area (Å²) in [4.78, 5) is 24.9. The summed E-state index contributed by atoms with van der Waals surface area (Å²) in [5, 5.41) is 2.94.